The van der Waals surface area contributed by atoms with E-state index in [9.17, 15) is 9.59 Å². The Hall–Kier alpha value is -1.85. The van der Waals surface area contributed by atoms with Gasteiger partial charge >= 0.3 is 5.97 Å². The molecule has 2 rings (SSSR count). The number of ether oxygens (including phenoxy) is 1. The summed E-state index contributed by atoms with van der Waals surface area (Å²) in [5.74, 6) is 0.335. The Morgan fingerprint density at radius 1 is 1.48 bits per heavy atom. The molecule has 0 saturated carbocycles. The predicted octanol–water partition coefficient (Wildman–Crippen LogP) is 1.75. The molecule has 1 saturated heterocycles. The lowest BCUT2D eigenvalue weighted by Crippen LogP contribution is -2.31. The van der Waals surface area contributed by atoms with E-state index < -0.39 is 0 Å². The van der Waals surface area contributed by atoms with Gasteiger partial charge in [-0.2, -0.15) is 5.10 Å². The zero-order valence-corrected chi connectivity index (χ0v) is 13.0. The van der Waals surface area contributed by atoms with Gasteiger partial charge in [0, 0.05) is 20.0 Å². The molecule has 0 radical (unpaired) electrons. The molecule has 21 heavy (non-hydrogen) atoms. The van der Waals surface area contributed by atoms with Crippen LogP contribution in [-0.2, 0) is 23.1 Å². The second kappa shape index (κ2) is 6.74. The molecule has 1 aliphatic rings. The summed E-state index contributed by atoms with van der Waals surface area (Å²) in [5, 5.41) is 4.13. The van der Waals surface area contributed by atoms with Crippen molar-refractivity contribution in [1.82, 2.24) is 14.7 Å². The molecule has 1 aliphatic heterocycles. The van der Waals surface area contributed by atoms with Gasteiger partial charge in [0.15, 0.2) is 0 Å². The molecule has 1 amide bonds. The minimum absolute atomic E-state index is 0.148. The molecule has 0 spiro atoms. The number of hydrogen-bond donors (Lipinski definition) is 0. The molecular formula is C15H23N3O3. The highest BCUT2D eigenvalue weighted by molar-refractivity contribution is 5.90. The molecule has 1 atom stereocenters. The van der Waals surface area contributed by atoms with E-state index >= 15 is 0 Å². The van der Waals surface area contributed by atoms with Crippen molar-refractivity contribution < 1.29 is 14.3 Å². The number of amides is 1. The second-order valence-corrected chi connectivity index (χ2v) is 5.60. The van der Waals surface area contributed by atoms with E-state index in [-0.39, 0.29) is 11.9 Å². The van der Waals surface area contributed by atoms with E-state index in [0.29, 0.717) is 31.1 Å². The topological polar surface area (TPSA) is 64.4 Å². The van der Waals surface area contributed by atoms with E-state index in [1.807, 2.05) is 4.90 Å². The zero-order chi connectivity index (χ0) is 15.4. The largest absolute Gasteiger partial charge is 0.462 e. The molecule has 1 fully saturated rings. The summed E-state index contributed by atoms with van der Waals surface area (Å²) in [6.45, 7) is 5.41. The summed E-state index contributed by atoms with van der Waals surface area (Å²) in [5.41, 5.74) is 1.18. The molecular weight excluding hydrogens is 270 g/mol. The third-order valence-corrected chi connectivity index (χ3v) is 3.99. The van der Waals surface area contributed by atoms with Gasteiger partial charge in [0.05, 0.1) is 25.0 Å². The fraction of sp³-hybridized carbons (Fsp3) is 0.667. The first kappa shape index (κ1) is 15.5. The number of aryl methyl sites for hydroxylation is 1. The van der Waals surface area contributed by atoms with E-state index in [4.69, 9.17) is 4.74 Å². The monoisotopic (exact) mass is 293 g/mol. The van der Waals surface area contributed by atoms with E-state index in [1.54, 1.807) is 18.7 Å². The maximum absolute atomic E-state index is 12.2. The van der Waals surface area contributed by atoms with Crippen LogP contribution in [0.2, 0.25) is 0 Å². The number of carbonyl (C=O) groups is 2. The van der Waals surface area contributed by atoms with Crippen LogP contribution in [0.1, 0.15) is 49.2 Å². The highest BCUT2D eigenvalue weighted by Crippen LogP contribution is 2.20. The summed E-state index contributed by atoms with van der Waals surface area (Å²) in [4.78, 5) is 25.9. The average Bonchev–Trinajstić information content (AvgIpc) is 2.73. The third kappa shape index (κ3) is 3.62. The van der Waals surface area contributed by atoms with E-state index in [0.717, 1.165) is 25.1 Å². The van der Waals surface area contributed by atoms with E-state index in [2.05, 4.69) is 12.0 Å². The molecule has 0 bridgehead atoms. The van der Waals surface area contributed by atoms with Crippen LogP contribution in [0.4, 0.5) is 0 Å². The van der Waals surface area contributed by atoms with Gasteiger partial charge in [-0.05, 0) is 25.7 Å². The van der Waals surface area contributed by atoms with Crippen LogP contribution in [0.15, 0.2) is 6.20 Å². The molecule has 6 nitrogen and oxygen atoms in total. The van der Waals surface area contributed by atoms with Crippen molar-refractivity contribution in [3.8, 4) is 0 Å². The lowest BCUT2D eigenvalue weighted by Gasteiger charge is -2.21. The lowest BCUT2D eigenvalue weighted by molar-refractivity contribution is -0.131. The molecule has 1 aromatic rings. The molecule has 0 N–H and O–H groups in total. The molecule has 1 unspecified atom stereocenters. The van der Waals surface area contributed by atoms with Crippen molar-refractivity contribution in [1.29, 1.82) is 0 Å². The molecule has 6 heteroatoms. The van der Waals surface area contributed by atoms with Crippen LogP contribution in [0.25, 0.3) is 0 Å². The Morgan fingerprint density at radius 2 is 2.24 bits per heavy atom. The summed E-state index contributed by atoms with van der Waals surface area (Å²) in [6, 6.07) is 0. The van der Waals surface area contributed by atoms with Gasteiger partial charge in [-0.25, -0.2) is 4.79 Å². The van der Waals surface area contributed by atoms with Crippen LogP contribution in [0.5, 0.6) is 0 Å². The van der Waals surface area contributed by atoms with Crippen molar-refractivity contribution in [2.24, 2.45) is 13.0 Å². The van der Waals surface area contributed by atoms with Crippen LogP contribution in [0.3, 0.4) is 0 Å². The molecule has 0 aromatic carbocycles. The number of likely N-dealkylation sites (tertiary alicyclic amines) is 1. The quantitative estimate of drug-likeness (QED) is 0.793. The molecule has 0 aliphatic carbocycles. The van der Waals surface area contributed by atoms with Crippen molar-refractivity contribution in [2.75, 3.05) is 13.2 Å². The summed E-state index contributed by atoms with van der Waals surface area (Å²) < 4.78 is 6.69. The zero-order valence-electron chi connectivity index (χ0n) is 13.0. The van der Waals surface area contributed by atoms with Gasteiger partial charge in [-0.1, -0.05) is 6.92 Å². The van der Waals surface area contributed by atoms with Crippen molar-refractivity contribution in [3.63, 3.8) is 0 Å². The number of hydrogen-bond acceptors (Lipinski definition) is 4. The Labute approximate surface area is 125 Å². The molecule has 2 heterocycles. The fourth-order valence-electron chi connectivity index (χ4n) is 2.55. The summed E-state index contributed by atoms with van der Waals surface area (Å²) >= 11 is 0. The van der Waals surface area contributed by atoms with Crippen LogP contribution in [-0.4, -0.2) is 39.7 Å². The Balaban J connectivity index is 2.16. The molecule has 116 valence electrons. The Morgan fingerprint density at radius 3 is 2.95 bits per heavy atom. The number of nitrogens with zero attached hydrogens (tertiary/aromatic N) is 3. The van der Waals surface area contributed by atoms with Gasteiger partial charge in [0.1, 0.15) is 5.56 Å². The normalized spacial score (nSPS) is 19.5. The van der Waals surface area contributed by atoms with Crippen molar-refractivity contribution in [3.05, 3.63) is 17.5 Å². The summed E-state index contributed by atoms with van der Waals surface area (Å²) in [6.07, 6.45) is 4.02. The average molecular weight is 293 g/mol. The van der Waals surface area contributed by atoms with Gasteiger partial charge in [0.2, 0.25) is 5.91 Å². The standard InChI is InChI=1S/C15H23N3O3/c1-4-21-15(20)12-9-16-17(3)13(12)10-18-8-7-11(2)5-6-14(18)19/h9,11H,4-8,10H2,1-3H3. The highest BCUT2D eigenvalue weighted by atomic mass is 16.5. The third-order valence-electron chi connectivity index (χ3n) is 3.99. The fourth-order valence-corrected chi connectivity index (χ4v) is 2.55. The van der Waals surface area contributed by atoms with Crippen LogP contribution in [0, 0.1) is 5.92 Å². The highest BCUT2D eigenvalue weighted by Gasteiger charge is 2.24. The SMILES string of the molecule is CCOC(=O)c1cnn(C)c1CN1CCC(C)CCC1=O. The maximum Gasteiger partial charge on any atom is 0.341 e. The first-order chi connectivity index (χ1) is 10.0. The predicted molar refractivity (Wildman–Crippen MR) is 77.6 cm³/mol. The van der Waals surface area contributed by atoms with Crippen molar-refractivity contribution >= 4 is 11.9 Å². The summed E-state index contributed by atoms with van der Waals surface area (Å²) in [7, 11) is 1.78. The van der Waals surface area contributed by atoms with Gasteiger partial charge < -0.3 is 9.64 Å². The Bertz CT molecular complexity index is 524. The minimum atomic E-state index is -0.378. The number of rotatable bonds is 4. The number of carbonyl (C=O) groups excluding carboxylic acids is 2. The minimum Gasteiger partial charge on any atom is -0.462 e. The van der Waals surface area contributed by atoms with Crippen molar-refractivity contribution in [2.45, 2.75) is 39.7 Å². The van der Waals surface area contributed by atoms with Crippen LogP contribution < -0.4 is 0 Å². The maximum atomic E-state index is 12.2. The number of esters is 1. The lowest BCUT2D eigenvalue weighted by atomic mass is 10.0. The second-order valence-electron chi connectivity index (χ2n) is 5.60. The first-order valence-electron chi connectivity index (χ1n) is 7.48. The van der Waals surface area contributed by atoms with Crippen LogP contribution >= 0.6 is 0 Å². The smallest absolute Gasteiger partial charge is 0.341 e. The van der Waals surface area contributed by atoms with Gasteiger partial charge in [0.25, 0.3) is 0 Å². The van der Waals surface area contributed by atoms with E-state index in [1.165, 1.54) is 6.20 Å². The number of aromatic nitrogens is 2. The van der Waals surface area contributed by atoms with Gasteiger partial charge in [-0.3, -0.25) is 9.48 Å². The first-order valence-corrected chi connectivity index (χ1v) is 7.48. The van der Waals surface area contributed by atoms with Gasteiger partial charge in [-0.15, -0.1) is 0 Å². The Kier molecular flexibility index (Phi) is 4.98. The molecule has 1 aromatic heterocycles.